The fraction of sp³-hybridized carbons (Fsp3) is 0.500. The van der Waals surface area contributed by atoms with E-state index in [0.717, 1.165) is 18.9 Å². The number of amides is 1. The second-order valence-electron chi connectivity index (χ2n) is 5.14. The van der Waals surface area contributed by atoms with Crippen LogP contribution in [0.3, 0.4) is 0 Å². The average molecular weight is 268 g/mol. The molecule has 1 unspecified atom stereocenters. The molecule has 1 fully saturated rings. The molecule has 2 N–H and O–H groups in total. The van der Waals surface area contributed by atoms with E-state index in [9.17, 15) is 13.6 Å². The Morgan fingerprint density at radius 2 is 2.05 bits per heavy atom. The minimum absolute atomic E-state index is 0.0720. The van der Waals surface area contributed by atoms with E-state index < -0.39 is 17.5 Å². The lowest BCUT2D eigenvalue weighted by Crippen LogP contribution is -2.43. The summed E-state index contributed by atoms with van der Waals surface area (Å²) in [6, 6.07) is 1.94. The summed E-state index contributed by atoms with van der Waals surface area (Å²) in [4.78, 5) is 13.7. The van der Waals surface area contributed by atoms with E-state index >= 15 is 0 Å². The molecule has 1 amide bonds. The van der Waals surface area contributed by atoms with Gasteiger partial charge in [0.25, 0.3) is 5.91 Å². The molecule has 1 saturated carbocycles. The minimum Gasteiger partial charge on any atom is -0.337 e. The van der Waals surface area contributed by atoms with Gasteiger partial charge >= 0.3 is 0 Å². The molecular weight excluding hydrogens is 250 g/mol. The molecule has 1 aromatic rings. The van der Waals surface area contributed by atoms with Crippen molar-refractivity contribution in [2.24, 2.45) is 11.7 Å². The highest BCUT2D eigenvalue weighted by Gasteiger charge is 2.35. The first-order valence-corrected chi connectivity index (χ1v) is 6.38. The summed E-state index contributed by atoms with van der Waals surface area (Å²) in [7, 11) is 1.62. The van der Waals surface area contributed by atoms with Crippen LogP contribution in [0.5, 0.6) is 0 Å². The number of nitrogens with zero attached hydrogens (tertiary/aromatic N) is 1. The summed E-state index contributed by atoms with van der Waals surface area (Å²) >= 11 is 0. The maximum absolute atomic E-state index is 13.7. The third-order valence-electron chi connectivity index (χ3n) is 3.70. The normalized spacial score (nSPS) is 16.3. The quantitative estimate of drug-likeness (QED) is 0.908. The first-order valence-electron chi connectivity index (χ1n) is 6.38. The number of halogens is 2. The van der Waals surface area contributed by atoms with E-state index in [1.807, 2.05) is 0 Å². The van der Waals surface area contributed by atoms with Crippen LogP contribution < -0.4 is 5.73 Å². The first kappa shape index (κ1) is 13.9. The van der Waals surface area contributed by atoms with Crippen molar-refractivity contribution in [3.8, 4) is 0 Å². The summed E-state index contributed by atoms with van der Waals surface area (Å²) in [6.07, 6.45) is 2.09. The molecule has 1 aliphatic carbocycles. The minimum atomic E-state index is -0.827. The Morgan fingerprint density at radius 3 is 2.58 bits per heavy atom. The van der Waals surface area contributed by atoms with Gasteiger partial charge in [0.05, 0.1) is 5.56 Å². The van der Waals surface area contributed by atoms with Gasteiger partial charge < -0.3 is 10.6 Å². The van der Waals surface area contributed by atoms with Crippen LogP contribution in [0.2, 0.25) is 0 Å². The van der Waals surface area contributed by atoms with Gasteiger partial charge in [-0.1, -0.05) is 0 Å². The van der Waals surface area contributed by atoms with Crippen molar-refractivity contribution >= 4 is 5.91 Å². The van der Waals surface area contributed by atoms with Crippen molar-refractivity contribution in [2.75, 3.05) is 13.6 Å². The molecule has 104 valence electrons. The Balaban J connectivity index is 2.25. The van der Waals surface area contributed by atoms with Crippen LogP contribution in [0, 0.1) is 24.5 Å². The molecule has 0 aliphatic heterocycles. The van der Waals surface area contributed by atoms with Crippen molar-refractivity contribution in [1.29, 1.82) is 0 Å². The summed E-state index contributed by atoms with van der Waals surface area (Å²) in [5, 5.41) is 0. The summed E-state index contributed by atoms with van der Waals surface area (Å²) in [6.45, 7) is 1.86. The number of hydrogen-bond acceptors (Lipinski definition) is 2. The maximum atomic E-state index is 13.7. The van der Waals surface area contributed by atoms with Crippen LogP contribution >= 0.6 is 0 Å². The molecular formula is C14H18F2N2O. The highest BCUT2D eigenvalue weighted by atomic mass is 19.1. The Hall–Kier alpha value is -1.49. The Morgan fingerprint density at radius 1 is 1.42 bits per heavy atom. The molecule has 1 aromatic carbocycles. The lowest BCUT2D eigenvalue weighted by Gasteiger charge is -2.27. The van der Waals surface area contributed by atoms with Crippen LogP contribution in [-0.2, 0) is 0 Å². The number of likely N-dealkylation sites (N-methyl/N-ethyl adjacent to an activating group) is 1. The topological polar surface area (TPSA) is 46.3 Å². The molecule has 0 spiro atoms. The van der Waals surface area contributed by atoms with Gasteiger partial charge in [0.2, 0.25) is 0 Å². The molecule has 0 saturated heterocycles. The molecule has 0 radical (unpaired) electrons. The van der Waals surface area contributed by atoms with Crippen molar-refractivity contribution in [3.63, 3.8) is 0 Å². The first-order chi connectivity index (χ1) is 8.95. The largest absolute Gasteiger partial charge is 0.337 e. The number of carbonyl (C=O) groups is 1. The average Bonchev–Trinajstić information content (AvgIpc) is 3.18. The number of nitrogens with two attached hydrogens (primary N) is 1. The monoisotopic (exact) mass is 268 g/mol. The molecule has 5 heteroatoms. The van der Waals surface area contributed by atoms with Crippen LogP contribution in [0.1, 0.15) is 28.8 Å². The van der Waals surface area contributed by atoms with E-state index in [1.165, 1.54) is 17.9 Å². The Labute approximate surface area is 111 Å². The molecule has 1 atom stereocenters. The molecule has 0 heterocycles. The number of aryl methyl sites for hydroxylation is 1. The zero-order valence-corrected chi connectivity index (χ0v) is 11.1. The highest BCUT2D eigenvalue weighted by molar-refractivity contribution is 5.94. The predicted molar refractivity (Wildman–Crippen MR) is 68.8 cm³/mol. The van der Waals surface area contributed by atoms with Gasteiger partial charge in [0.15, 0.2) is 0 Å². The zero-order chi connectivity index (χ0) is 14.2. The summed E-state index contributed by atoms with van der Waals surface area (Å²) < 4.78 is 26.9. The van der Waals surface area contributed by atoms with Crippen molar-refractivity contribution in [1.82, 2.24) is 4.90 Å². The van der Waals surface area contributed by atoms with Crippen molar-refractivity contribution in [2.45, 2.75) is 25.8 Å². The smallest absolute Gasteiger partial charge is 0.256 e. The fourth-order valence-corrected chi connectivity index (χ4v) is 2.31. The van der Waals surface area contributed by atoms with Gasteiger partial charge in [0, 0.05) is 25.7 Å². The van der Waals surface area contributed by atoms with Gasteiger partial charge in [0.1, 0.15) is 11.6 Å². The number of carbonyl (C=O) groups excluding carboxylic acids is 1. The molecule has 0 aromatic heterocycles. The van der Waals surface area contributed by atoms with Gasteiger partial charge in [-0.15, -0.1) is 0 Å². The Kier molecular flexibility index (Phi) is 3.85. The summed E-state index contributed by atoms with van der Waals surface area (Å²) in [5.41, 5.74) is 5.84. The van der Waals surface area contributed by atoms with Gasteiger partial charge in [-0.3, -0.25) is 4.79 Å². The van der Waals surface area contributed by atoms with Gasteiger partial charge in [-0.2, -0.15) is 0 Å². The Bertz CT molecular complexity index is 500. The fourth-order valence-electron chi connectivity index (χ4n) is 2.31. The second-order valence-corrected chi connectivity index (χ2v) is 5.14. The lowest BCUT2D eigenvalue weighted by atomic mass is 10.1. The van der Waals surface area contributed by atoms with E-state index in [2.05, 4.69) is 0 Å². The summed E-state index contributed by atoms with van der Waals surface area (Å²) in [5.74, 6) is -1.51. The molecule has 3 nitrogen and oxygen atoms in total. The van der Waals surface area contributed by atoms with Crippen molar-refractivity contribution < 1.29 is 13.6 Å². The van der Waals surface area contributed by atoms with Crippen LogP contribution in [0.25, 0.3) is 0 Å². The SMILES string of the molecule is Cc1cc(C(=O)N(C)C(CN)C2CC2)c(F)cc1F. The van der Waals surface area contributed by atoms with Gasteiger partial charge in [-0.05, 0) is 37.3 Å². The van der Waals surface area contributed by atoms with Crippen molar-refractivity contribution in [3.05, 3.63) is 34.9 Å². The second kappa shape index (κ2) is 5.25. The maximum Gasteiger partial charge on any atom is 0.256 e. The third-order valence-corrected chi connectivity index (χ3v) is 3.70. The van der Waals surface area contributed by atoms with E-state index in [-0.39, 0.29) is 17.2 Å². The van der Waals surface area contributed by atoms with Crippen LogP contribution in [0.4, 0.5) is 8.78 Å². The third kappa shape index (κ3) is 2.76. The van der Waals surface area contributed by atoms with Gasteiger partial charge in [-0.25, -0.2) is 8.78 Å². The molecule has 19 heavy (non-hydrogen) atoms. The predicted octanol–water partition coefficient (Wildman–Crippen LogP) is 2.08. The van der Waals surface area contributed by atoms with E-state index in [4.69, 9.17) is 5.73 Å². The standard InChI is InChI=1S/C14H18F2N2O/c1-8-5-10(12(16)6-11(8)15)14(19)18(2)13(7-17)9-3-4-9/h5-6,9,13H,3-4,7,17H2,1-2H3. The number of rotatable bonds is 4. The molecule has 0 bridgehead atoms. The van der Waals surface area contributed by atoms with E-state index in [1.54, 1.807) is 7.05 Å². The molecule has 2 rings (SSSR count). The highest BCUT2D eigenvalue weighted by Crippen LogP contribution is 2.35. The van der Waals surface area contributed by atoms with Crippen LogP contribution in [-0.4, -0.2) is 30.4 Å². The number of hydrogen-bond donors (Lipinski definition) is 1. The molecule has 1 aliphatic rings. The van der Waals surface area contributed by atoms with Crippen LogP contribution in [0.15, 0.2) is 12.1 Å². The number of benzene rings is 1. The zero-order valence-electron chi connectivity index (χ0n) is 11.1. The van der Waals surface area contributed by atoms with E-state index in [0.29, 0.717) is 12.5 Å². The lowest BCUT2D eigenvalue weighted by molar-refractivity contribution is 0.0713.